The Balaban J connectivity index is 0.00000259. The van der Waals surface area contributed by atoms with Crippen LogP contribution in [0.3, 0.4) is 0 Å². The maximum Gasteiger partial charge on any atom is 0.310 e. The van der Waals surface area contributed by atoms with Crippen LogP contribution < -0.4 is 0 Å². The fraction of sp³-hybridized carbons (Fsp3) is 0.630. The van der Waals surface area contributed by atoms with Crippen LogP contribution in [0.1, 0.15) is 82.4 Å². The Labute approximate surface area is 207 Å². The first-order chi connectivity index (χ1) is 15.5. The van der Waals surface area contributed by atoms with Crippen LogP contribution in [0.2, 0.25) is 0 Å². The Hall–Kier alpha value is -1.66. The van der Waals surface area contributed by atoms with Crippen LogP contribution in [0, 0.1) is 5.92 Å². The number of Topliss-reactive ketones (excluding diaryl/α,β-unsaturated/α-hetero) is 1. The Morgan fingerprint density at radius 2 is 2.06 bits per heavy atom. The number of esters is 1. The molecule has 5 nitrogen and oxygen atoms in total. The molecule has 2 fully saturated rings. The SMILES string of the molecule is Br.CCCN1C[C@H](C(=O)OC2CCCCC2=O)CC2c3cccc4c3c(cn4C(C)C)C[C@H]21. The number of nitrogens with zero attached hydrogens (tertiary/aromatic N) is 2. The summed E-state index contributed by atoms with van der Waals surface area (Å²) >= 11 is 0. The number of benzene rings is 1. The average Bonchev–Trinajstić information content (AvgIpc) is 3.16. The lowest BCUT2D eigenvalue weighted by molar-refractivity contribution is -0.163. The van der Waals surface area contributed by atoms with Crippen LogP contribution in [0.4, 0.5) is 0 Å². The van der Waals surface area contributed by atoms with E-state index in [1.54, 1.807) is 0 Å². The minimum absolute atomic E-state index is 0. The van der Waals surface area contributed by atoms with Gasteiger partial charge >= 0.3 is 5.97 Å². The van der Waals surface area contributed by atoms with E-state index in [-0.39, 0.29) is 34.7 Å². The number of hydrogen-bond acceptors (Lipinski definition) is 4. The summed E-state index contributed by atoms with van der Waals surface area (Å²) in [5, 5.41) is 1.40. The molecule has 1 aromatic heterocycles. The summed E-state index contributed by atoms with van der Waals surface area (Å²) in [6.45, 7) is 8.42. The van der Waals surface area contributed by atoms with Crippen molar-refractivity contribution in [3.63, 3.8) is 0 Å². The van der Waals surface area contributed by atoms with Crippen molar-refractivity contribution in [1.29, 1.82) is 0 Å². The van der Waals surface area contributed by atoms with Crippen LogP contribution in [-0.2, 0) is 20.7 Å². The Bertz CT molecular complexity index is 1030. The zero-order chi connectivity index (χ0) is 22.4. The second-order valence-corrected chi connectivity index (χ2v) is 10.3. The van der Waals surface area contributed by atoms with Crippen molar-refractivity contribution in [3.8, 4) is 0 Å². The van der Waals surface area contributed by atoms with Crippen LogP contribution in [0.25, 0.3) is 10.9 Å². The van der Waals surface area contributed by atoms with E-state index in [0.717, 1.165) is 45.2 Å². The number of carbonyl (C=O) groups excluding carboxylic acids is 2. The van der Waals surface area contributed by atoms with Crippen molar-refractivity contribution < 1.29 is 14.3 Å². The average molecular weight is 518 g/mol. The third-order valence-corrected chi connectivity index (χ3v) is 7.88. The van der Waals surface area contributed by atoms with E-state index >= 15 is 0 Å². The van der Waals surface area contributed by atoms with Gasteiger partial charge < -0.3 is 9.30 Å². The van der Waals surface area contributed by atoms with Crippen molar-refractivity contribution in [1.82, 2.24) is 9.47 Å². The van der Waals surface area contributed by atoms with E-state index in [9.17, 15) is 9.59 Å². The van der Waals surface area contributed by atoms with Crippen LogP contribution in [0.15, 0.2) is 24.4 Å². The zero-order valence-corrected chi connectivity index (χ0v) is 21.8. The van der Waals surface area contributed by atoms with Gasteiger partial charge in [0.15, 0.2) is 11.9 Å². The number of carbonyl (C=O) groups is 2. The molecule has 1 saturated carbocycles. The van der Waals surface area contributed by atoms with Gasteiger partial charge in [0.25, 0.3) is 0 Å². The van der Waals surface area contributed by atoms with Crippen molar-refractivity contribution in [2.24, 2.45) is 5.92 Å². The van der Waals surface area contributed by atoms with E-state index in [1.807, 2.05) is 0 Å². The molecule has 0 bridgehead atoms. The van der Waals surface area contributed by atoms with Gasteiger partial charge in [0, 0.05) is 48.1 Å². The molecule has 1 aliphatic heterocycles. The zero-order valence-electron chi connectivity index (χ0n) is 20.1. The maximum absolute atomic E-state index is 13.2. The second kappa shape index (κ2) is 9.91. The summed E-state index contributed by atoms with van der Waals surface area (Å²) < 4.78 is 8.21. The molecule has 180 valence electrons. The normalized spacial score (nSPS) is 27.3. The van der Waals surface area contributed by atoms with Crippen molar-refractivity contribution in [2.45, 2.75) is 89.8 Å². The van der Waals surface area contributed by atoms with E-state index in [4.69, 9.17) is 4.74 Å². The number of ketones is 1. The molecule has 1 aromatic carbocycles. The Kier molecular flexibility index (Phi) is 7.35. The van der Waals surface area contributed by atoms with Gasteiger partial charge in [0.2, 0.25) is 0 Å². The minimum atomic E-state index is -0.518. The quantitative estimate of drug-likeness (QED) is 0.485. The molecule has 2 heterocycles. The van der Waals surface area contributed by atoms with Crippen LogP contribution in [-0.4, -0.2) is 46.5 Å². The van der Waals surface area contributed by atoms with E-state index in [1.165, 1.54) is 22.0 Å². The third-order valence-electron chi connectivity index (χ3n) is 7.88. The molecule has 0 N–H and O–H groups in total. The first-order valence-electron chi connectivity index (χ1n) is 12.6. The summed E-state index contributed by atoms with van der Waals surface area (Å²) in [5.41, 5.74) is 4.14. The lowest BCUT2D eigenvalue weighted by atomic mass is 9.72. The predicted octanol–water partition coefficient (Wildman–Crippen LogP) is 5.60. The lowest BCUT2D eigenvalue weighted by Gasteiger charge is -2.46. The lowest BCUT2D eigenvalue weighted by Crippen LogP contribution is -2.52. The number of rotatable bonds is 5. The highest BCUT2D eigenvalue weighted by Gasteiger charge is 2.44. The van der Waals surface area contributed by atoms with Gasteiger partial charge in [-0.1, -0.05) is 19.1 Å². The molecular formula is C27H37BrN2O3. The molecule has 0 amide bonds. The van der Waals surface area contributed by atoms with Gasteiger partial charge in [-0.3, -0.25) is 14.5 Å². The second-order valence-electron chi connectivity index (χ2n) is 10.3. The molecule has 2 unspecified atom stereocenters. The van der Waals surface area contributed by atoms with Crippen LogP contribution >= 0.6 is 17.0 Å². The summed E-state index contributed by atoms with van der Waals surface area (Å²) in [4.78, 5) is 28.0. The van der Waals surface area contributed by atoms with Gasteiger partial charge in [-0.2, -0.15) is 0 Å². The number of ether oxygens (including phenoxy) is 1. The monoisotopic (exact) mass is 516 g/mol. The number of hydrogen-bond donors (Lipinski definition) is 0. The van der Waals surface area contributed by atoms with Crippen molar-refractivity contribution >= 4 is 39.6 Å². The van der Waals surface area contributed by atoms with E-state index in [2.05, 4.69) is 54.6 Å². The molecule has 0 radical (unpaired) electrons. The molecule has 3 aliphatic rings. The molecule has 4 atom stereocenters. The minimum Gasteiger partial charge on any atom is -0.454 e. The number of halogens is 1. The first kappa shape index (κ1) is 24.5. The third kappa shape index (κ3) is 4.41. The number of fused-ring (bicyclic) bond motifs is 2. The first-order valence-corrected chi connectivity index (χ1v) is 12.6. The fourth-order valence-electron chi connectivity index (χ4n) is 6.38. The van der Waals surface area contributed by atoms with Crippen molar-refractivity contribution in [3.05, 3.63) is 35.5 Å². The molecule has 2 aromatic rings. The predicted molar refractivity (Wildman–Crippen MR) is 136 cm³/mol. The molecule has 33 heavy (non-hydrogen) atoms. The Morgan fingerprint density at radius 1 is 1.24 bits per heavy atom. The molecular weight excluding hydrogens is 480 g/mol. The van der Waals surface area contributed by atoms with Gasteiger partial charge in [0.1, 0.15) is 0 Å². The van der Waals surface area contributed by atoms with Gasteiger partial charge in [-0.05, 0) is 76.1 Å². The van der Waals surface area contributed by atoms with Crippen molar-refractivity contribution in [2.75, 3.05) is 13.1 Å². The summed E-state index contributed by atoms with van der Waals surface area (Å²) in [6.07, 6.45) is 7.89. The maximum atomic E-state index is 13.2. The van der Waals surface area contributed by atoms with Crippen LogP contribution in [0.5, 0.6) is 0 Å². The summed E-state index contributed by atoms with van der Waals surface area (Å²) in [7, 11) is 0. The highest BCUT2D eigenvalue weighted by Crippen LogP contribution is 2.46. The van der Waals surface area contributed by atoms with Gasteiger partial charge in [-0.25, -0.2) is 0 Å². The molecule has 0 spiro atoms. The smallest absolute Gasteiger partial charge is 0.310 e. The largest absolute Gasteiger partial charge is 0.454 e. The molecule has 5 rings (SSSR count). The summed E-state index contributed by atoms with van der Waals surface area (Å²) in [6, 6.07) is 7.53. The highest BCUT2D eigenvalue weighted by molar-refractivity contribution is 8.93. The summed E-state index contributed by atoms with van der Waals surface area (Å²) in [5.74, 6) is 0.101. The fourth-order valence-corrected chi connectivity index (χ4v) is 6.38. The number of piperidine rings is 1. The Morgan fingerprint density at radius 3 is 2.79 bits per heavy atom. The number of aromatic nitrogens is 1. The molecule has 6 heteroatoms. The molecule has 1 saturated heterocycles. The standard InChI is InChI=1S/C27H36N2O3.BrH/c1-4-12-28-15-19(27(31)32-25-11-6-5-10-24(25)30)13-21-20-8-7-9-22-26(20)18(14-23(21)28)16-29(22)17(2)3;/h7-9,16-17,19,21,23,25H,4-6,10-15H2,1-3H3;1H/t19-,21?,23-,25?;/m1./s1. The van der Waals surface area contributed by atoms with Gasteiger partial charge in [-0.15, -0.1) is 17.0 Å². The number of likely N-dealkylation sites (tertiary alicyclic amines) is 1. The topological polar surface area (TPSA) is 51.5 Å². The molecule has 2 aliphatic carbocycles. The highest BCUT2D eigenvalue weighted by atomic mass is 79.9. The van der Waals surface area contributed by atoms with E-state index in [0.29, 0.717) is 30.8 Å². The van der Waals surface area contributed by atoms with Gasteiger partial charge in [0.05, 0.1) is 5.92 Å². The van der Waals surface area contributed by atoms with E-state index < -0.39 is 6.10 Å².